The van der Waals surface area contributed by atoms with E-state index >= 15 is 0 Å². The van der Waals surface area contributed by atoms with Gasteiger partial charge in [-0.05, 0) is 24.3 Å². The average molecular weight is 251 g/mol. The number of rotatable bonds is 2. The summed E-state index contributed by atoms with van der Waals surface area (Å²) in [5, 5.41) is 0. The molecular weight excluding hydrogens is 244 g/mol. The summed E-state index contributed by atoms with van der Waals surface area (Å²) in [4.78, 5) is 0.288. The molecule has 0 aromatic heterocycles. The van der Waals surface area contributed by atoms with E-state index in [1.807, 2.05) is 0 Å². The molecule has 0 saturated heterocycles. The minimum atomic E-state index is -3.10. The fourth-order valence-corrected chi connectivity index (χ4v) is 1.58. The van der Waals surface area contributed by atoms with Crippen LogP contribution in [0.4, 0.5) is 0 Å². The zero-order chi connectivity index (χ0) is 9.19. The van der Waals surface area contributed by atoms with Crippen molar-refractivity contribution in [1.82, 2.24) is 0 Å². The first-order valence-electron chi connectivity index (χ1n) is 3.13. The van der Waals surface area contributed by atoms with Crippen molar-refractivity contribution in [2.24, 2.45) is 0 Å². The van der Waals surface area contributed by atoms with Gasteiger partial charge in [0.1, 0.15) is 5.75 Å². The van der Waals surface area contributed by atoms with Gasteiger partial charge in [-0.25, -0.2) is 8.42 Å². The first kappa shape index (κ1) is 9.54. The Morgan fingerprint density at radius 2 is 1.75 bits per heavy atom. The zero-order valence-electron chi connectivity index (χ0n) is 6.32. The number of sulfone groups is 1. The van der Waals surface area contributed by atoms with Crippen molar-refractivity contribution >= 4 is 26.1 Å². The van der Waals surface area contributed by atoms with Gasteiger partial charge < -0.3 is 3.83 Å². The lowest BCUT2D eigenvalue weighted by molar-refractivity contribution is 0.601. The van der Waals surface area contributed by atoms with Gasteiger partial charge in [0.15, 0.2) is 26.1 Å². The molecule has 0 saturated carbocycles. The minimum absolute atomic E-state index is 0.288. The van der Waals surface area contributed by atoms with Gasteiger partial charge in [0.25, 0.3) is 0 Å². The Bertz CT molecular complexity index is 355. The number of halogens is 1. The molecular formula is C7H7BrO3S. The van der Waals surface area contributed by atoms with Gasteiger partial charge >= 0.3 is 0 Å². The Morgan fingerprint density at radius 3 is 2.08 bits per heavy atom. The van der Waals surface area contributed by atoms with E-state index < -0.39 is 9.84 Å². The summed E-state index contributed by atoms with van der Waals surface area (Å²) in [5.74, 6) is 0.572. The fraction of sp³-hybridized carbons (Fsp3) is 0.143. The van der Waals surface area contributed by atoms with E-state index in [0.29, 0.717) is 5.75 Å². The SMILES string of the molecule is CS(=O)(=O)c1ccc(OBr)cc1. The second-order valence-corrected chi connectivity index (χ2v) is 4.66. The van der Waals surface area contributed by atoms with E-state index in [1.54, 1.807) is 12.1 Å². The molecule has 0 aliphatic heterocycles. The van der Waals surface area contributed by atoms with Crippen LogP contribution in [0.3, 0.4) is 0 Å². The Kier molecular flexibility index (Phi) is 2.74. The predicted octanol–water partition coefficient (Wildman–Crippen LogP) is 1.78. The van der Waals surface area contributed by atoms with Gasteiger partial charge in [0, 0.05) is 6.26 Å². The molecule has 0 unspecified atom stereocenters. The molecule has 3 nitrogen and oxygen atoms in total. The molecule has 5 heteroatoms. The van der Waals surface area contributed by atoms with Gasteiger partial charge in [-0.1, -0.05) is 0 Å². The molecule has 0 aliphatic rings. The van der Waals surface area contributed by atoms with Crippen LogP contribution >= 0.6 is 16.3 Å². The molecule has 0 aliphatic carbocycles. The van der Waals surface area contributed by atoms with Crippen LogP contribution in [0.25, 0.3) is 0 Å². The van der Waals surface area contributed by atoms with Crippen LogP contribution in [0.2, 0.25) is 0 Å². The summed E-state index contributed by atoms with van der Waals surface area (Å²) in [6.45, 7) is 0. The van der Waals surface area contributed by atoms with Crippen molar-refractivity contribution in [2.75, 3.05) is 6.26 Å². The molecule has 12 heavy (non-hydrogen) atoms. The highest BCUT2D eigenvalue weighted by Crippen LogP contribution is 2.16. The molecule has 1 aromatic rings. The van der Waals surface area contributed by atoms with Crippen molar-refractivity contribution < 1.29 is 12.2 Å². The molecule has 0 heterocycles. The maximum absolute atomic E-state index is 11.0. The summed E-state index contributed by atoms with van der Waals surface area (Å²) >= 11 is 2.78. The van der Waals surface area contributed by atoms with Crippen molar-refractivity contribution in [3.05, 3.63) is 24.3 Å². The normalized spacial score (nSPS) is 11.2. The highest BCUT2D eigenvalue weighted by molar-refractivity contribution is 9.06. The van der Waals surface area contributed by atoms with E-state index in [0.717, 1.165) is 6.26 Å². The molecule has 0 bridgehead atoms. The third-order valence-electron chi connectivity index (χ3n) is 1.34. The van der Waals surface area contributed by atoms with E-state index in [4.69, 9.17) is 3.83 Å². The molecule has 0 N–H and O–H groups in total. The Hall–Kier alpha value is -0.550. The third kappa shape index (κ3) is 2.22. The Labute approximate surface area is 79.7 Å². The first-order valence-corrected chi connectivity index (χ1v) is 5.66. The second kappa shape index (κ2) is 3.45. The van der Waals surface area contributed by atoms with Crippen molar-refractivity contribution in [3.8, 4) is 5.75 Å². The lowest BCUT2D eigenvalue weighted by atomic mass is 10.3. The molecule has 66 valence electrons. The van der Waals surface area contributed by atoms with E-state index in [9.17, 15) is 8.42 Å². The predicted molar refractivity (Wildman–Crippen MR) is 49.1 cm³/mol. The molecule has 1 rings (SSSR count). The summed E-state index contributed by atoms with van der Waals surface area (Å²) in [6, 6.07) is 6.13. The van der Waals surface area contributed by atoms with Gasteiger partial charge in [-0.15, -0.1) is 0 Å². The van der Waals surface area contributed by atoms with Crippen LogP contribution in [-0.2, 0) is 9.84 Å². The minimum Gasteiger partial charge on any atom is -0.418 e. The second-order valence-electron chi connectivity index (χ2n) is 2.32. The van der Waals surface area contributed by atoms with E-state index in [1.165, 1.54) is 12.1 Å². The van der Waals surface area contributed by atoms with E-state index in [2.05, 4.69) is 16.3 Å². The summed E-state index contributed by atoms with van der Waals surface area (Å²) in [6.07, 6.45) is 1.16. The molecule has 0 radical (unpaired) electrons. The maximum Gasteiger partial charge on any atom is 0.179 e. The number of hydrogen-bond acceptors (Lipinski definition) is 3. The average Bonchev–Trinajstić information content (AvgIpc) is 2.03. The molecule has 0 spiro atoms. The topological polar surface area (TPSA) is 43.4 Å². The van der Waals surface area contributed by atoms with E-state index in [-0.39, 0.29) is 4.90 Å². The van der Waals surface area contributed by atoms with Crippen molar-refractivity contribution in [2.45, 2.75) is 4.90 Å². The molecule has 0 amide bonds. The van der Waals surface area contributed by atoms with Crippen molar-refractivity contribution in [3.63, 3.8) is 0 Å². The van der Waals surface area contributed by atoms with Gasteiger partial charge in [-0.3, -0.25) is 0 Å². The largest absolute Gasteiger partial charge is 0.418 e. The van der Waals surface area contributed by atoms with Gasteiger partial charge in [0.05, 0.1) is 4.90 Å². The smallest absolute Gasteiger partial charge is 0.179 e. The van der Waals surface area contributed by atoms with Crippen LogP contribution < -0.4 is 3.83 Å². The van der Waals surface area contributed by atoms with Crippen LogP contribution in [0.1, 0.15) is 0 Å². The van der Waals surface area contributed by atoms with Crippen molar-refractivity contribution in [1.29, 1.82) is 0 Å². The van der Waals surface area contributed by atoms with Crippen LogP contribution in [0, 0.1) is 0 Å². The third-order valence-corrected chi connectivity index (χ3v) is 2.84. The van der Waals surface area contributed by atoms with Gasteiger partial charge in [-0.2, -0.15) is 0 Å². The number of hydrogen-bond donors (Lipinski definition) is 0. The fourth-order valence-electron chi connectivity index (χ4n) is 0.738. The number of benzene rings is 1. The molecule has 0 atom stereocenters. The van der Waals surface area contributed by atoms with Crippen LogP contribution in [0.15, 0.2) is 29.2 Å². The summed E-state index contributed by atoms with van der Waals surface area (Å²) in [5.41, 5.74) is 0. The standard InChI is InChI=1S/C7H7BrO3S/c1-12(9,10)7-4-2-6(11-8)3-5-7/h2-5H,1H3. The van der Waals surface area contributed by atoms with Gasteiger partial charge in [0.2, 0.25) is 0 Å². The molecule has 0 fully saturated rings. The highest BCUT2D eigenvalue weighted by atomic mass is 79.9. The zero-order valence-corrected chi connectivity index (χ0v) is 8.72. The highest BCUT2D eigenvalue weighted by Gasteiger charge is 2.05. The Balaban J connectivity index is 3.09. The lowest BCUT2D eigenvalue weighted by Crippen LogP contribution is -1.95. The lowest BCUT2D eigenvalue weighted by Gasteiger charge is -1.98. The van der Waals surface area contributed by atoms with Crippen LogP contribution in [-0.4, -0.2) is 14.7 Å². The monoisotopic (exact) mass is 250 g/mol. The molecule has 1 aromatic carbocycles. The van der Waals surface area contributed by atoms with Crippen LogP contribution in [0.5, 0.6) is 5.75 Å². The Morgan fingerprint density at radius 1 is 1.25 bits per heavy atom. The quantitative estimate of drug-likeness (QED) is 0.804. The maximum atomic E-state index is 11.0. The first-order chi connectivity index (χ1) is 5.54. The summed E-state index contributed by atoms with van der Waals surface area (Å²) in [7, 11) is -3.10. The summed E-state index contributed by atoms with van der Waals surface area (Å²) < 4.78 is 26.7.